The number of halogens is 2. The summed E-state index contributed by atoms with van der Waals surface area (Å²) in [6, 6.07) is 22.3. The highest BCUT2D eigenvalue weighted by molar-refractivity contribution is 6.35. The maximum absolute atomic E-state index is 12.8. The highest BCUT2D eigenvalue weighted by Crippen LogP contribution is 2.37. The number of anilines is 1. The molecule has 0 fully saturated rings. The minimum atomic E-state index is -0.409. The van der Waals surface area contributed by atoms with Crippen molar-refractivity contribution >= 4 is 51.3 Å². The molecule has 0 unspecified atom stereocenters. The molecule has 30 heavy (non-hydrogen) atoms. The van der Waals surface area contributed by atoms with Crippen LogP contribution in [-0.4, -0.2) is 5.71 Å². The van der Waals surface area contributed by atoms with Crippen LogP contribution in [0.15, 0.2) is 87.0 Å². The predicted molar refractivity (Wildman–Crippen MR) is 123 cm³/mol. The first-order chi connectivity index (χ1) is 14.6. The van der Waals surface area contributed by atoms with Gasteiger partial charge < -0.3 is 9.73 Å². The third-order valence-electron chi connectivity index (χ3n) is 5.18. The van der Waals surface area contributed by atoms with Crippen molar-refractivity contribution in [3.05, 3.63) is 104 Å². The van der Waals surface area contributed by atoms with E-state index in [-0.39, 0.29) is 6.04 Å². The minimum absolute atomic E-state index is 0.192. The fourth-order valence-corrected chi connectivity index (χ4v) is 4.26. The van der Waals surface area contributed by atoms with Gasteiger partial charge in [-0.1, -0.05) is 59.6 Å². The highest BCUT2D eigenvalue weighted by atomic mass is 35.5. The van der Waals surface area contributed by atoms with E-state index in [2.05, 4.69) is 5.32 Å². The summed E-state index contributed by atoms with van der Waals surface area (Å²) in [6.07, 6.45) is 0.457. The summed E-state index contributed by atoms with van der Waals surface area (Å²) in [7, 11) is 0. The van der Waals surface area contributed by atoms with Crippen LogP contribution < -0.4 is 10.9 Å². The lowest BCUT2D eigenvalue weighted by Gasteiger charge is -2.20. The van der Waals surface area contributed by atoms with Crippen molar-refractivity contribution < 1.29 is 4.42 Å². The van der Waals surface area contributed by atoms with Gasteiger partial charge in [0, 0.05) is 21.9 Å². The number of aliphatic imine (C=N–C) groups is 1. The molecule has 148 valence electrons. The van der Waals surface area contributed by atoms with Crippen LogP contribution in [0.4, 0.5) is 11.4 Å². The zero-order valence-electron chi connectivity index (χ0n) is 15.7. The Labute approximate surface area is 182 Å². The largest absolute Gasteiger partial charge is 0.422 e. The topological polar surface area (TPSA) is 54.6 Å². The summed E-state index contributed by atoms with van der Waals surface area (Å²) in [5.41, 5.74) is 3.74. The van der Waals surface area contributed by atoms with E-state index in [0.717, 1.165) is 22.3 Å². The lowest BCUT2D eigenvalue weighted by Crippen LogP contribution is -2.19. The molecule has 0 spiro atoms. The average Bonchev–Trinajstić information content (AvgIpc) is 2.92. The summed E-state index contributed by atoms with van der Waals surface area (Å²) < 4.78 is 5.55. The van der Waals surface area contributed by atoms with Gasteiger partial charge in [0.25, 0.3) is 0 Å². The third-order valence-corrected chi connectivity index (χ3v) is 5.74. The van der Waals surface area contributed by atoms with Gasteiger partial charge in [-0.25, -0.2) is 4.79 Å². The van der Waals surface area contributed by atoms with Crippen LogP contribution in [0.2, 0.25) is 10.0 Å². The van der Waals surface area contributed by atoms with Gasteiger partial charge in [0.15, 0.2) is 0 Å². The van der Waals surface area contributed by atoms with Crippen LogP contribution in [0.1, 0.15) is 23.6 Å². The molecule has 0 bridgehead atoms. The van der Waals surface area contributed by atoms with E-state index in [1.807, 2.05) is 60.7 Å². The molecule has 4 aromatic rings. The minimum Gasteiger partial charge on any atom is -0.422 e. The molecule has 1 aliphatic heterocycles. The molecule has 6 heteroatoms. The van der Waals surface area contributed by atoms with Crippen molar-refractivity contribution in [2.45, 2.75) is 12.5 Å². The van der Waals surface area contributed by atoms with Gasteiger partial charge >= 0.3 is 5.63 Å². The summed E-state index contributed by atoms with van der Waals surface area (Å²) in [5, 5.41) is 5.50. The van der Waals surface area contributed by atoms with Crippen molar-refractivity contribution in [2.75, 3.05) is 5.32 Å². The number of benzene rings is 3. The number of fused-ring (bicyclic) bond motifs is 2. The number of rotatable bonds is 2. The average molecular weight is 435 g/mol. The number of hydrogen-bond donors (Lipinski definition) is 1. The Kier molecular flexibility index (Phi) is 4.81. The molecule has 2 heterocycles. The molecule has 1 aromatic heterocycles. The first-order valence-corrected chi connectivity index (χ1v) is 10.3. The van der Waals surface area contributed by atoms with E-state index < -0.39 is 5.63 Å². The second kappa shape index (κ2) is 7.63. The molecule has 0 aliphatic carbocycles. The maximum atomic E-state index is 12.8. The second-order valence-corrected chi connectivity index (χ2v) is 7.97. The Morgan fingerprint density at radius 3 is 2.63 bits per heavy atom. The monoisotopic (exact) mass is 434 g/mol. The Balaban J connectivity index is 1.68. The first kappa shape index (κ1) is 18.9. The Morgan fingerprint density at radius 1 is 0.967 bits per heavy atom. The van der Waals surface area contributed by atoms with E-state index in [1.54, 1.807) is 12.1 Å². The van der Waals surface area contributed by atoms with Crippen LogP contribution in [-0.2, 0) is 0 Å². The standard InChI is InChI=1S/C24H16Cl2N2O2/c25-15-9-10-16(18(26)12-15)21-13-22(28-20-7-3-2-6-19(20)27-21)17-11-14-5-1-4-8-23(14)30-24(17)29/h1-12,21,27H,13H2/t21-/m1/s1. The van der Waals surface area contributed by atoms with E-state index in [4.69, 9.17) is 32.6 Å². The van der Waals surface area contributed by atoms with Crippen LogP contribution in [0.5, 0.6) is 0 Å². The van der Waals surface area contributed by atoms with E-state index in [9.17, 15) is 4.79 Å². The molecule has 5 rings (SSSR count). The van der Waals surface area contributed by atoms with Crippen LogP contribution in [0.3, 0.4) is 0 Å². The summed E-state index contributed by atoms with van der Waals surface area (Å²) in [5.74, 6) is 0. The van der Waals surface area contributed by atoms with Crippen molar-refractivity contribution in [2.24, 2.45) is 4.99 Å². The lowest BCUT2D eigenvalue weighted by molar-refractivity contribution is 0.559. The van der Waals surface area contributed by atoms with Crippen LogP contribution in [0, 0.1) is 0 Å². The molecule has 4 nitrogen and oxygen atoms in total. The second-order valence-electron chi connectivity index (χ2n) is 7.13. The van der Waals surface area contributed by atoms with Gasteiger partial charge in [-0.2, -0.15) is 0 Å². The zero-order chi connectivity index (χ0) is 20.7. The Bertz CT molecular complexity index is 1360. The molecule has 1 atom stereocenters. The molecule has 0 saturated heterocycles. The fourth-order valence-electron chi connectivity index (χ4n) is 3.72. The summed E-state index contributed by atoms with van der Waals surface area (Å²) in [6.45, 7) is 0. The SMILES string of the molecule is O=c1oc2ccccc2cc1C1=Nc2ccccc2N[C@@H](c2ccc(Cl)cc2Cl)C1. The molecule has 1 aliphatic rings. The predicted octanol–water partition coefficient (Wildman–Crippen LogP) is 6.78. The molecule has 1 N–H and O–H groups in total. The van der Waals surface area contributed by atoms with E-state index in [0.29, 0.717) is 33.3 Å². The van der Waals surface area contributed by atoms with Crippen molar-refractivity contribution in [1.82, 2.24) is 0 Å². The first-order valence-electron chi connectivity index (χ1n) is 9.50. The highest BCUT2D eigenvalue weighted by Gasteiger charge is 2.24. The van der Waals surface area contributed by atoms with Crippen molar-refractivity contribution in [1.29, 1.82) is 0 Å². The normalized spacial score (nSPS) is 15.8. The van der Waals surface area contributed by atoms with Gasteiger partial charge in [-0.15, -0.1) is 0 Å². The molecular formula is C24H16Cl2N2O2. The number of para-hydroxylation sites is 3. The van der Waals surface area contributed by atoms with Gasteiger partial charge in [0.2, 0.25) is 0 Å². The molecule has 0 radical (unpaired) electrons. The van der Waals surface area contributed by atoms with Crippen LogP contribution >= 0.6 is 23.2 Å². The maximum Gasteiger partial charge on any atom is 0.345 e. The molecule has 3 aromatic carbocycles. The van der Waals surface area contributed by atoms with Crippen molar-refractivity contribution in [3.63, 3.8) is 0 Å². The molecule has 0 amide bonds. The quantitative estimate of drug-likeness (QED) is 0.353. The molecular weight excluding hydrogens is 419 g/mol. The van der Waals surface area contributed by atoms with Gasteiger partial charge in [-0.3, -0.25) is 4.99 Å². The lowest BCUT2D eigenvalue weighted by atomic mass is 9.97. The number of nitrogens with zero attached hydrogens (tertiary/aromatic N) is 1. The molecule has 0 saturated carbocycles. The van der Waals surface area contributed by atoms with Crippen LogP contribution in [0.25, 0.3) is 11.0 Å². The fraction of sp³-hybridized carbons (Fsp3) is 0.0833. The zero-order valence-corrected chi connectivity index (χ0v) is 17.2. The summed E-state index contributed by atoms with van der Waals surface area (Å²) in [4.78, 5) is 17.6. The van der Waals surface area contributed by atoms with Gasteiger partial charge in [0.05, 0.1) is 28.7 Å². The van der Waals surface area contributed by atoms with E-state index >= 15 is 0 Å². The van der Waals surface area contributed by atoms with Gasteiger partial charge in [-0.05, 0) is 42.0 Å². The number of nitrogens with one attached hydrogen (secondary N) is 1. The van der Waals surface area contributed by atoms with Gasteiger partial charge in [0.1, 0.15) is 5.58 Å². The third kappa shape index (κ3) is 3.49. The Morgan fingerprint density at radius 2 is 1.77 bits per heavy atom. The Hall–Kier alpha value is -3.08. The summed E-state index contributed by atoms with van der Waals surface area (Å²) >= 11 is 12.6. The van der Waals surface area contributed by atoms with E-state index in [1.165, 1.54) is 0 Å². The van der Waals surface area contributed by atoms with Crippen molar-refractivity contribution in [3.8, 4) is 0 Å². The smallest absolute Gasteiger partial charge is 0.345 e. The number of hydrogen-bond acceptors (Lipinski definition) is 4.